The molecule has 0 saturated carbocycles. The molecule has 0 radical (unpaired) electrons. The maximum atomic E-state index is 14.2. The van der Waals surface area contributed by atoms with Gasteiger partial charge in [0, 0.05) is 23.7 Å². The molecular weight excluding hydrogens is 279 g/mol. The molecule has 114 valence electrons. The first kappa shape index (κ1) is 14.7. The van der Waals surface area contributed by atoms with Gasteiger partial charge in [-0.15, -0.1) is 0 Å². The van der Waals surface area contributed by atoms with E-state index >= 15 is 0 Å². The Morgan fingerprint density at radius 3 is 2.50 bits per heavy atom. The van der Waals surface area contributed by atoms with Gasteiger partial charge in [-0.2, -0.15) is 0 Å². The van der Waals surface area contributed by atoms with Crippen LogP contribution in [-0.2, 0) is 0 Å². The van der Waals surface area contributed by atoms with Gasteiger partial charge in [0.2, 0.25) is 0 Å². The van der Waals surface area contributed by atoms with Gasteiger partial charge in [-0.3, -0.25) is 4.79 Å². The molecule has 2 N–H and O–H groups in total. The van der Waals surface area contributed by atoms with Crippen molar-refractivity contribution in [1.29, 1.82) is 0 Å². The third kappa shape index (κ3) is 2.74. The summed E-state index contributed by atoms with van der Waals surface area (Å²) < 4.78 is 14.2. The lowest BCUT2D eigenvalue weighted by Crippen LogP contribution is -2.48. The van der Waals surface area contributed by atoms with Crippen molar-refractivity contribution in [3.05, 3.63) is 71.5 Å². The number of piperidine rings is 1. The molecule has 2 aromatic carbocycles. The largest absolute Gasteiger partial charge is 0.330 e. The highest BCUT2D eigenvalue weighted by Gasteiger charge is 2.35. The minimum absolute atomic E-state index is 0.0935. The van der Waals surface area contributed by atoms with Gasteiger partial charge in [0.25, 0.3) is 5.91 Å². The molecule has 1 amide bonds. The van der Waals surface area contributed by atoms with E-state index in [2.05, 4.69) is 0 Å². The standard InChI is InChI=1S/C18H19FN2O/c19-15-10-5-4-9-14(15)17-16(20)11-6-12-21(17)18(22)13-7-2-1-3-8-13/h1-5,7-10,16-17H,6,11-12,20H2/t16-,17+/m1/s1. The second kappa shape index (κ2) is 6.28. The van der Waals surface area contributed by atoms with Crippen LogP contribution in [0.25, 0.3) is 0 Å². The van der Waals surface area contributed by atoms with Crippen molar-refractivity contribution in [1.82, 2.24) is 4.90 Å². The first-order chi connectivity index (χ1) is 10.7. The van der Waals surface area contributed by atoms with Crippen LogP contribution >= 0.6 is 0 Å². The van der Waals surface area contributed by atoms with E-state index in [-0.39, 0.29) is 17.8 Å². The number of benzene rings is 2. The fourth-order valence-corrected chi connectivity index (χ4v) is 3.11. The summed E-state index contributed by atoms with van der Waals surface area (Å²) >= 11 is 0. The van der Waals surface area contributed by atoms with Crippen molar-refractivity contribution in [2.45, 2.75) is 24.9 Å². The van der Waals surface area contributed by atoms with E-state index in [0.717, 1.165) is 12.8 Å². The van der Waals surface area contributed by atoms with Gasteiger partial charge in [0.1, 0.15) is 5.82 Å². The first-order valence-corrected chi connectivity index (χ1v) is 7.54. The summed E-state index contributed by atoms with van der Waals surface area (Å²) in [6.07, 6.45) is 1.63. The van der Waals surface area contributed by atoms with Crippen LogP contribution in [-0.4, -0.2) is 23.4 Å². The number of rotatable bonds is 2. The van der Waals surface area contributed by atoms with Crippen LogP contribution in [0.1, 0.15) is 34.8 Å². The average Bonchev–Trinajstić information content (AvgIpc) is 2.56. The molecule has 0 aromatic heterocycles. The van der Waals surface area contributed by atoms with Crippen molar-refractivity contribution in [3.63, 3.8) is 0 Å². The smallest absolute Gasteiger partial charge is 0.254 e. The Morgan fingerprint density at radius 1 is 1.09 bits per heavy atom. The van der Waals surface area contributed by atoms with E-state index in [0.29, 0.717) is 17.7 Å². The molecule has 0 spiro atoms. The summed E-state index contributed by atoms with van der Waals surface area (Å²) in [5, 5.41) is 0. The second-order valence-electron chi connectivity index (χ2n) is 5.64. The van der Waals surface area contributed by atoms with E-state index in [1.54, 1.807) is 35.2 Å². The fourth-order valence-electron chi connectivity index (χ4n) is 3.11. The van der Waals surface area contributed by atoms with Gasteiger partial charge >= 0.3 is 0 Å². The van der Waals surface area contributed by atoms with Crippen LogP contribution in [0.3, 0.4) is 0 Å². The number of likely N-dealkylation sites (tertiary alicyclic amines) is 1. The predicted octanol–water partition coefficient (Wildman–Crippen LogP) is 3.13. The zero-order valence-electron chi connectivity index (χ0n) is 12.3. The van der Waals surface area contributed by atoms with Crippen LogP contribution in [0.2, 0.25) is 0 Å². The van der Waals surface area contributed by atoms with Crippen LogP contribution < -0.4 is 5.73 Å². The quantitative estimate of drug-likeness (QED) is 0.926. The maximum Gasteiger partial charge on any atom is 0.254 e. The molecule has 2 atom stereocenters. The van der Waals surface area contributed by atoms with Crippen molar-refractivity contribution in [2.24, 2.45) is 5.73 Å². The highest BCUT2D eigenvalue weighted by Crippen LogP contribution is 2.32. The number of hydrogen-bond donors (Lipinski definition) is 1. The number of nitrogens with zero attached hydrogens (tertiary/aromatic N) is 1. The Hall–Kier alpha value is -2.20. The predicted molar refractivity (Wildman–Crippen MR) is 83.8 cm³/mol. The minimum Gasteiger partial charge on any atom is -0.330 e. The Kier molecular flexibility index (Phi) is 4.20. The number of amides is 1. The number of carbonyl (C=O) groups excluding carboxylic acids is 1. The van der Waals surface area contributed by atoms with Crippen molar-refractivity contribution >= 4 is 5.91 Å². The minimum atomic E-state index is -0.414. The molecule has 3 nitrogen and oxygen atoms in total. The highest BCUT2D eigenvalue weighted by molar-refractivity contribution is 5.94. The van der Waals surface area contributed by atoms with Crippen molar-refractivity contribution in [2.75, 3.05) is 6.54 Å². The Labute approximate surface area is 129 Å². The molecular formula is C18H19FN2O. The molecule has 1 aliphatic rings. The van der Waals surface area contributed by atoms with E-state index in [1.165, 1.54) is 6.07 Å². The first-order valence-electron chi connectivity index (χ1n) is 7.54. The summed E-state index contributed by atoms with van der Waals surface area (Å²) in [5.74, 6) is -0.403. The van der Waals surface area contributed by atoms with Gasteiger partial charge in [0.15, 0.2) is 0 Å². The van der Waals surface area contributed by atoms with Gasteiger partial charge in [-0.1, -0.05) is 36.4 Å². The summed E-state index contributed by atoms with van der Waals surface area (Å²) in [6, 6.07) is 15.0. The van der Waals surface area contributed by atoms with Gasteiger partial charge in [0.05, 0.1) is 6.04 Å². The molecule has 0 bridgehead atoms. The zero-order chi connectivity index (χ0) is 15.5. The van der Waals surface area contributed by atoms with Crippen molar-refractivity contribution in [3.8, 4) is 0 Å². The maximum absolute atomic E-state index is 14.2. The van der Waals surface area contributed by atoms with Crippen LogP contribution in [0.4, 0.5) is 4.39 Å². The van der Waals surface area contributed by atoms with Crippen LogP contribution in [0, 0.1) is 5.82 Å². The molecule has 22 heavy (non-hydrogen) atoms. The summed E-state index contributed by atoms with van der Waals surface area (Å²) in [4.78, 5) is 14.5. The molecule has 1 saturated heterocycles. The SMILES string of the molecule is N[C@@H]1CCCN(C(=O)c2ccccc2)[C@H]1c1ccccc1F. The van der Waals surface area contributed by atoms with E-state index in [4.69, 9.17) is 5.73 Å². The van der Waals surface area contributed by atoms with Gasteiger partial charge in [-0.05, 0) is 31.0 Å². The molecule has 3 rings (SSSR count). The van der Waals surface area contributed by atoms with E-state index in [9.17, 15) is 9.18 Å². The molecule has 1 fully saturated rings. The lowest BCUT2D eigenvalue weighted by molar-refractivity contribution is 0.0571. The molecule has 0 unspecified atom stereocenters. The normalized spacial score (nSPS) is 21.6. The van der Waals surface area contributed by atoms with Crippen molar-refractivity contribution < 1.29 is 9.18 Å². The topological polar surface area (TPSA) is 46.3 Å². The van der Waals surface area contributed by atoms with Crippen LogP contribution in [0.15, 0.2) is 54.6 Å². The molecule has 4 heteroatoms. The lowest BCUT2D eigenvalue weighted by Gasteiger charge is -2.40. The number of nitrogens with two attached hydrogens (primary N) is 1. The van der Waals surface area contributed by atoms with Gasteiger partial charge < -0.3 is 10.6 Å². The second-order valence-corrected chi connectivity index (χ2v) is 5.64. The highest BCUT2D eigenvalue weighted by atomic mass is 19.1. The van der Waals surface area contributed by atoms with E-state index in [1.807, 2.05) is 18.2 Å². The number of halogens is 1. The van der Waals surface area contributed by atoms with Crippen LogP contribution in [0.5, 0.6) is 0 Å². The van der Waals surface area contributed by atoms with E-state index < -0.39 is 6.04 Å². The number of carbonyl (C=O) groups is 1. The Bertz CT molecular complexity index is 659. The summed E-state index contributed by atoms with van der Waals surface area (Å²) in [6.45, 7) is 0.598. The number of hydrogen-bond acceptors (Lipinski definition) is 2. The summed E-state index contributed by atoms with van der Waals surface area (Å²) in [5.41, 5.74) is 7.33. The monoisotopic (exact) mass is 298 g/mol. The third-order valence-corrected chi connectivity index (χ3v) is 4.18. The summed E-state index contributed by atoms with van der Waals surface area (Å²) in [7, 11) is 0. The fraction of sp³-hybridized carbons (Fsp3) is 0.278. The molecule has 0 aliphatic carbocycles. The lowest BCUT2D eigenvalue weighted by atomic mass is 9.90. The zero-order valence-corrected chi connectivity index (χ0v) is 12.3. The molecule has 2 aromatic rings. The molecule has 1 heterocycles. The molecule has 1 aliphatic heterocycles. The Morgan fingerprint density at radius 2 is 1.77 bits per heavy atom. The Balaban J connectivity index is 1.97. The average molecular weight is 298 g/mol. The van der Waals surface area contributed by atoms with Gasteiger partial charge in [-0.25, -0.2) is 4.39 Å². The third-order valence-electron chi connectivity index (χ3n) is 4.18.